The van der Waals surface area contributed by atoms with Gasteiger partial charge in [-0.05, 0) is 24.5 Å². The molecule has 18 heavy (non-hydrogen) atoms. The molecule has 0 bridgehead atoms. The second-order valence-electron chi connectivity index (χ2n) is 4.85. The SMILES string of the molecule is CCCCCCC(CC)C(C(=O)O)c1ccco1. The number of aliphatic carboxylic acids is 1. The molecule has 0 amide bonds. The fourth-order valence-electron chi connectivity index (χ4n) is 2.46. The molecule has 1 rings (SSSR count). The summed E-state index contributed by atoms with van der Waals surface area (Å²) < 4.78 is 5.29. The molecule has 0 aliphatic rings. The Morgan fingerprint density at radius 2 is 2.11 bits per heavy atom. The van der Waals surface area contributed by atoms with E-state index in [-0.39, 0.29) is 5.92 Å². The van der Waals surface area contributed by atoms with E-state index >= 15 is 0 Å². The highest BCUT2D eigenvalue weighted by atomic mass is 16.4. The highest BCUT2D eigenvalue weighted by molar-refractivity contribution is 5.75. The number of carbonyl (C=O) groups is 1. The Kier molecular flexibility index (Phi) is 6.55. The first-order chi connectivity index (χ1) is 8.70. The zero-order chi connectivity index (χ0) is 13.4. The first kappa shape index (κ1) is 14.8. The van der Waals surface area contributed by atoms with Gasteiger partial charge in [-0.2, -0.15) is 0 Å². The van der Waals surface area contributed by atoms with Gasteiger partial charge in [-0.25, -0.2) is 0 Å². The van der Waals surface area contributed by atoms with Crippen molar-refractivity contribution in [2.45, 2.75) is 58.3 Å². The predicted molar refractivity (Wildman–Crippen MR) is 71.6 cm³/mol. The van der Waals surface area contributed by atoms with Gasteiger partial charge >= 0.3 is 5.97 Å². The molecular weight excluding hydrogens is 228 g/mol. The topological polar surface area (TPSA) is 50.4 Å². The van der Waals surface area contributed by atoms with Gasteiger partial charge in [0.15, 0.2) is 0 Å². The second kappa shape index (κ2) is 7.96. The van der Waals surface area contributed by atoms with Crippen LogP contribution in [0.5, 0.6) is 0 Å². The maximum absolute atomic E-state index is 11.4. The summed E-state index contributed by atoms with van der Waals surface area (Å²) >= 11 is 0. The lowest BCUT2D eigenvalue weighted by Crippen LogP contribution is -2.21. The summed E-state index contributed by atoms with van der Waals surface area (Å²) in [5, 5.41) is 9.39. The molecule has 0 aromatic carbocycles. The molecule has 1 N–H and O–H groups in total. The predicted octanol–water partition coefficient (Wildman–Crippen LogP) is 4.44. The van der Waals surface area contributed by atoms with Crippen molar-refractivity contribution in [1.82, 2.24) is 0 Å². The Hall–Kier alpha value is -1.25. The van der Waals surface area contributed by atoms with E-state index in [4.69, 9.17) is 4.42 Å². The lowest BCUT2D eigenvalue weighted by molar-refractivity contribution is -0.140. The molecule has 3 heteroatoms. The van der Waals surface area contributed by atoms with Gasteiger partial charge in [0.1, 0.15) is 11.7 Å². The molecule has 3 nitrogen and oxygen atoms in total. The summed E-state index contributed by atoms with van der Waals surface area (Å²) in [4.78, 5) is 11.4. The summed E-state index contributed by atoms with van der Waals surface area (Å²) in [6.07, 6.45) is 8.13. The number of furan rings is 1. The molecule has 0 aliphatic heterocycles. The minimum atomic E-state index is -0.771. The van der Waals surface area contributed by atoms with E-state index in [9.17, 15) is 9.90 Å². The van der Waals surface area contributed by atoms with Gasteiger partial charge in [0.05, 0.1) is 6.26 Å². The van der Waals surface area contributed by atoms with Crippen LogP contribution in [0.25, 0.3) is 0 Å². The van der Waals surface area contributed by atoms with Crippen LogP contribution in [0.2, 0.25) is 0 Å². The second-order valence-corrected chi connectivity index (χ2v) is 4.85. The molecule has 2 unspecified atom stereocenters. The Bertz CT molecular complexity index is 330. The fourth-order valence-corrected chi connectivity index (χ4v) is 2.46. The minimum absolute atomic E-state index is 0.172. The fraction of sp³-hybridized carbons (Fsp3) is 0.667. The molecule has 0 saturated heterocycles. The maximum Gasteiger partial charge on any atom is 0.314 e. The molecule has 2 atom stereocenters. The zero-order valence-corrected chi connectivity index (χ0v) is 11.4. The molecule has 1 heterocycles. The van der Waals surface area contributed by atoms with Crippen molar-refractivity contribution in [3.05, 3.63) is 24.2 Å². The van der Waals surface area contributed by atoms with Gasteiger partial charge in [0.25, 0.3) is 0 Å². The van der Waals surface area contributed by atoms with Crippen LogP contribution in [0.1, 0.15) is 64.1 Å². The van der Waals surface area contributed by atoms with Gasteiger partial charge in [0.2, 0.25) is 0 Å². The molecule has 1 aromatic heterocycles. The summed E-state index contributed by atoms with van der Waals surface area (Å²) in [6, 6.07) is 3.53. The molecule has 0 aliphatic carbocycles. The monoisotopic (exact) mass is 252 g/mol. The lowest BCUT2D eigenvalue weighted by Gasteiger charge is -2.21. The van der Waals surface area contributed by atoms with Crippen molar-refractivity contribution >= 4 is 5.97 Å². The standard InChI is InChI=1S/C15H24O3/c1-3-5-6-7-9-12(4-2)14(15(16)17)13-10-8-11-18-13/h8,10-12,14H,3-7,9H2,1-2H3,(H,16,17). The van der Waals surface area contributed by atoms with Gasteiger partial charge in [-0.1, -0.05) is 46.0 Å². The quantitative estimate of drug-likeness (QED) is 0.661. The Morgan fingerprint density at radius 1 is 1.33 bits per heavy atom. The molecule has 0 spiro atoms. The minimum Gasteiger partial charge on any atom is -0.481 e. The van der Waals surface area contributed by atoms with Crippen LogP contribution in [0.4, 0.5) is 0 Å². The first-order valence-corrected chi connectivity index (χ1v) is 6.96. The summed E-state index contributed by atoms with van der Waals surface area (Å²) in [5.41, 5.74) is 0. The van der Waals surface area contributed by atoms with E-state index in [1.54, 1.807) is 18.4 Å². The Morgan fingerprint density at radius 3 is 2.61 bits per heavy atom. The number of hydrogen-bond acceptors (Lipinski definition) is 2. The first-order valence-electron chi connectivity index (χ1n) is 6.96. The van der Waals surface area contributed by atoms with Crippen LogP contribution >= 0.6 is 0 Å². The van der Waals surface area contributed by atoms with Crippen LogP contribution in [0.3, 0.4) is 0 Å². The smallest absolute Gasteiger partial charge is 0.314 e. The Balaban J connectivity index is 2.61. The van der Waals surface area contributed by atoms with Crippen LogP contribution < -0.4 is 0 Å². The number of rotatable bonds is 9. The third-order valence-electron chi connectivity index (χ3n) is 3.54. The average Bonchev–Trinajstić information content (AvgIpc) is 2.85. The number of carboxylic acids is 1. The summed E-state index contributed by atoms with van der Waals surface area (Å²) in [5.74, 6) is -0.505. The van der Waals surface area contributed by atoms with Crippen molar-refractivity contribution in [3.63, 3.8) is 0 Å². The van der Waals surface area contributed by atoms with Crippen molar-refractivity contribution in [2.24, 2.45) is 5.92 Å². The molecular formula is C15H24O3. The van der Waals surface area contributed by atoms with E-state index in [0.717, 1.165) is 19.3 Å². The maximum atomic E-state index is 11.4. The molecule has 1 aromatic rings. The number of unbranched alkanes of at least 4 members (excludes halogenated alkanes) is 3. The van der Waals surface area contributed by atoms with Gasteiger partial charge in [-0.15, -0.1) is 0 Å². The lowest BCUT2D eigenvalue weighted by atomic mass is 9.84. The average molecular weight is 252 g/mol. The molecule has 0 radical (unpaired) electrons. The largest absolute Gasteiger partial charge is 0.481 e. The van der Waals surface area contributed by atoms with E-state index < -0.39 is 11.9 Å². The third-order valence-corrected chi connectivity index (χ3v) is 3.54. The van der Waals surface area contributed by atoms with Crippen molar-refractivity contribution < 1.29 is 14.3 Å². The number of carboxylic acid groups (broad SMARTS) is 1. The van der Waals surface area contributed by atoms with Gasteiger partial charge < -0.3 is 9.52 Å². The van der Waals surface area contributed by atoms with Gasteiger partial charge in [-0.3, -0.25) is 4.79 Å². The molecule has 0 fully saturated rings. The zero-order valence-electron chi connectivity index (χ0n) is 11.4. The summed E-state index contributed by atoms with van der Waals surface area (Å²) in [6.45, 7) is 4.24. The van der Waals surface area contributed by atoms with Gasteiger partial charge in [0, 0.05) is 0 Å². The van der Waals surface area contributed by atoms with E-state index in [2.05, 4.69) is 13.8 Å². The number of hydrogen-bond donors (Lipinski definition) is 1. The third kappa shape index (κ3) is 4.21. The van der Waals surface area contributed by atoms with Crippen LogP contribution in [0, 0.1) is 5.92 Å². The van der Waals surface area contributed by atoms with E-state index in [1.807, 2.05) is 0 Å². The Labute approximate surface area is 109 Å². The van der Waals surface area contributed by atoms with Crippen molar-refractivity contribution in [3.8, 4) is 0 Å². The highest BCUT2D eigenvalue weighted by Gasteiger charge is 2.30. The van der Waals surface area contributed by atoms with Crippen LogP contribution in [0.15, 0.2) is 22.8 Å². The highest BCUT2D eigenvalue weighted by Crippen LogP contribution is 2.32. The summed E-state index contributed by atoms with van der Waals surface area (Å²) in [7, 11) is 0. The van der Waals surface area contributed by atoms with Crippen molar-refractivity contribution in [1.29, 1.82) is 0 Å². The van der Waals surface area contributed by atoms with Crippen LogP contribution in [-0.2, 0) is 4.79 Å². The molecule has 102 valence electrons. The normalized spacial score (nSPS) is 14.3. The van der Waals surface area contributed by atoms with Crippen LogP contribution in [-0.4, -0.2) is 11.1 Å². The van der Waals surface area contributed by atoms with E-state index in [0.29, 0.717) is 5.76 Å². The molecule has 0 saturated carbocycles. The van der Waals surface area contributed by atoms with Crippen molar-refractivity contribution in [2.75, 3.05) is 0 Å². The van der Waals surface area contributed by atoms with E-state index in [1.165, 1.54) is 19.3 Å².